The van der Waals surface area contributed by atoms with Crippen LogP contribution in [0.15, 0.2) is 49.2 Å². The normalized spacial score (nSPS) is 17.7. The average molecular weight is 308 g/mol. The highest BCUT2D eigenvalue weighted by atomic mass is 16.5. The van der Waals surface area contributed by atoms with Crippen LogP contribution in [0.4, 0.5) is 0 Å². The van der Waals surface area contributed by atoms with Crippen LogP contribution >= 0.6 is 0 Å². The van der Waals surface area contributed by atoms with Crippen LogP contribution in [0.1, 0.15) is 23.7 Å². The van der Waals surface area contributed by atoms with Crippen LogP contribution in [-0.4, -0.2) is 32.7 Å². The molecule has 1 N–H and O–H groups in total. The molecule has 0 radical (unpaired) electrons. The smallest absolute Gasteiger partial charge is 0.0956 e. The fourth-order valence-corrected chi connectivity index (χ4v) is 3.23. The van der Waals surface area contributed by atoms with Gasteiger partial charge in [-0.1, -0.05) is 30.3 Å². The molecular formula is C18H20N4O. The van der Waals surface area contributed by atoms with E-state index in [-0.39, 0.29) is 0 Å². The van der Waals surface area contributed by atoms with E-state index in [4.69, 9.17) is 9.72 Å². The lowest BCUT2D eigenvalue weighted by molar-refractivity contribution is 0.193. The van der Waals surface area contributed by atoms with Crippen LogP contribution in [-0.2, 0) is 17.7 Å². The zero-order chi connectivity index (χ0) is 15.5. The first-order chi connectivity index (χ1) is 11.4. The number of H-pyrrole nitrogens is 1. The molecule has 23 heavy (non-hydrogen) atoms. The molecule has 0 amide bonds. The number of aryl methyl sites for hydroxylation is 2. The number of benzene rings is 1. The predicted molar refractivity (Wildman–Crippen MR) is 88.1 cm³/mol. The van der Waals surface area contributed by atoms with Crippen LogP contribution in [0, 0.1) is 0 Å². The van der Waals surface area contributed by atoms with Gasteiger partial charge in [-0.25, -0.2) is 9.97 Å². The van der Waals surface area contributed by atoms with Gasteiger partial charge in [0.2, 0.25) is 0 Å². The van der Waals surface area contributed by atoms with Crippen molar-refractivity contribution in [2.24, 2.45) is 0 Å². The minimum absolute atomic E-state index is 0.425. The highest BCUT2D eigenvalue weighted by Crippen LogP contribution is 2.33. The van der Waals surface area contributed by atoms with Gasteiger partial charge < -0.3 is 14.3 Å². The lowest BCUT2D eigenvalue weighted by Crippen LogP contribution is -2.10. The van der Waals surface area contributed by atoms with E-state index in [2.05, 4.69) is 38.8 Å². The molecule has 1 aliphatic heterocycles. The Bertz CT molecular complexity index is 743. The van der Waals surface area contributed by atoms with Crippen molar-refractivity contribution in [2.45, 2.75) is 25.3 Å². The lowest BCUT2D eigenvalue weighted by Gasteiger charge is -2.14. The quantitative estimate of drug-likeness (QED) is 0.788. The van der Waals surface area contributed by atoms with E-state index in [1.165, 1.54) is 11.3 Å². The topological polar surface area (TPSA) is 55.7 Å². The van der Waals surface area contributed by atoms with Gasteiger partial charge in [-0.3, -0.25) is 0 Å². The van der Waals surface area contributed by atoms with E-state index in [0.29, 0.717) is 5.92 Å². The van der Waals surface area contributed by atoms with Gasteiger partial charge in [0.05, 0.1) is 30.6 Å². The number of rotatable bonds is 5. The van der Waals surface area contributed by atoms with Crippen molar-refractivity contribution in [2.75, 3.05) is 13.2 Å². The highest BCUT2D eigenvalue weighted by Gasteiger charge is 2.25. The molecule has 1 fully saturated rings. The van der Waals surface area contributed by atoms with Crippen LogP contribution in [0.3, 0.4) is 0 Å². The first kappa shape index (κ1) is 14.2. The van der Waals surface area contributed by atoms with Crippen molar-refractivity contribution >= 4 is 0 Å². The molecule has 1 aliphatic rings. The molecule has 0 aliphatic carbocycles. The molecule has 1 atom stereocenters. The van der Waals surface area contributed by atoms with E-state index >= 15 is 0 Å². The molecular weight excluding hydrogens is 288 g/mol. The van der Waals surface area contributed by atoms with Gasteiger partial charge in [-0.2, -0.15) is 0 Å². The lowest BCUT2D eigenvalue weighted by atomic mass is 9.99. The van der Waals surface area contributed by atoms with Gasteiger partial charge in [0.25, 0.3) is 0 Å². The van der Waals surface area contributed by atoms with Crippen molar-refractivity contribution in [3.05, 3.63) is 60.6 Å². The number of ether oxygens (including phenoxy) is 1. The summed E-state index contributed by atoms with van der Waals surface area (Å²) < 4.78 is 7.90. The Morgan fingerprint density at radius 2 is 2.17 bits per heavy atom. The second kappa shape index (κ2) is 6.38. The summed E-state index contributed by atoms with van der Waals surface area (Å²) in [4.78, 5) is 12.0. The second-order valence-corrected chi connectivity index (χ2v) is 5.93. The maximum absolute atomic E-state index is 5.62. The molecule has 5 nitrogen and oxygen atoms in total. The van der Waals surface area contributed by atoms with E-state index in [1.54, 1.807) is 6.33 Å². The fraction of sp³-hybridized carbons (Fsp3) is 0.333. The third kappa shape index (κ3) is 2.92. The summed E-state index contributed by atoms with van der Waals surface area (Å²) in [6.45, 7) is 2.52. The Kier molecular flexibility index (Phi) is 3.94. The zero-order valence-corrected chi connectivity index (χ0v) is 13.0. The van der Waals surface area contributed by atoms with E-state index < -0.39 is 0 Å². The van der Waals surface area contributed by atoms with Crippen LogP contribution < -0.4 is 0 Å². The van der Waals surface area contributed by atoms with Gasteiger partial charge in [0, 0.05) is 42.9 Å². The molecule has 0 saturated carbocycles. The van der Waals surface area contributed by atoms with Gasteiger partial charge in [0.15, 0.2) is 0 Å². The number of imidazole rings is 2. The van der Waals surface area contributed by atoms with Crippen molar-refractivity contribution in [3.63, 3.8) is 0 Å². The van der Waals surface area contributed by atoms with Crippen LogP contribution in [0.2, 0.25) is 0 Å². The number of nitrogens with zero attached hydrogens (tertiary/aromatic N) is 3. The minimum atomic E-state index is 0.425. The summed E-state index contributed by atoms with van der Waals surface area (Å²) in [6.07, 6.45) is 7.56. The monoisotopic (exact) mass is 308 g/mol. The van der Waals surface area contributed by atoms with Crippen molar-refractivity contribution in [3.8, 4) is 11.3 Å². The fourth-order valence-electron chi connectivity index (χ4n) is 3.23. The molecule has 0 spiro atoms. The standard InChI is InChI=1S/C18H20N4O/c1-2-4-14(5-3-1)17-18(15-7-9-23-11-15)22(13-21-17)8-6-16-10-19-12-20-16/h1-5,10,12-13,15H,6-9,11H2,(H,19,20)/t15-/m0/s1. The summed E-state index contributed by atoms with van der Waals surface area (Å²) >= 11 is 0. The van der Waals surface area contributed by atoms with Gasteiger partial charge >= 0.3 is 0 Å². The van der Waals surface area contributed by atoms with Gasteiger partial charge in [0.1, 0.15) is 0 Å². The van der Waals surface area contributed by atoms with Gasteiger partial charge in [-0.15, -0.1) is 0 Å². The summed E-state index contributed by atoms with van der Waals surface area (Å²) in [7, 11) is 0. The third-order valence-electron chi connectivity index (χ3n) is 4.42. The van der Waals surface area contributed by atoms with E-state index in [0.717, 1.165) is 44.0 Å². The number of hydrogen-bond acceptors (Lipinski definition) is 3. The van der Waals surface area contributed by atoms with Crippen LogP contribution in [0.5, 0.6) is 0 Å². The molecule has 1 saturated heterocycles. The molecule has 3 aromatic rings. The number of nitrogens with one attached hydrogen (secondary N) is 1. The van der Waals surface area contributed by atoms with Crippen molar-refractivity contribution in [1.82, 2.24) is 19.5 Å². The van der Waals surface area contributed by atoms with Crippen molar-refractivity contribution < 1.29 is 4.74 Å². The Hall–Kier alpha value is -2.40. The summed E-state index contributed by atoms with van der Waals surface area (Å²) in [5.41, 5.74) is 4.71. The second-order valence-electron chi connectivity index (χ2n) is 5.93. The maximum Gasteiger partial charge on any atom is 0.0956 e. The third-order valence-corrected chi connectivity index (χ3v) is 4.42. The first-order valence-corrected chi connectivity index (χ1v) is 8.07. The predicted octanol–water partition coefficient (Wildman–Crippen LogP) is 3.02. The zero-order valence-electron chi connectivity index (χ0n) is 13.0. The van der Waals surface area contributed by atoms with Crippen LogP contribution in [0.25, 0.3) is 11.3 Å². The van der Waals surface area contributed by atoms with Gasteiger partial charge in [-0.05, 0) is 6.42 Å². The van der Waals surface area contributed by atoms with E-state index in [9.17, 15) is 0 Å². The van der Waals surface area contributed by atoms with Crippen molar-refractivity contribution in [1.29, 1.82) is 0 Å². The molecule has 5 heteroatoms. The maximum atomic E-state index is 5.62. The SMILES string of the molecule is c1ccc(-c2ncn(CCc3cnc[nH]3)c2[C@H]2CCOC2)cc1. The molecule has 3 heterocycles. The molecule has 2 aromatic heterocycles. The highest BCUT2D eigenvalue weighted by molar-refractivity contribution is 5.62. The number of aromatic amines is 1. The molecule has 118 valence electrons. The first-order valence-electron chi connectivity index (χ1n) is 8.07. The molecule has 0 unspecified atom stereocenters. The summed E-state index contributed by atoms with van der Waals surface area (Å²) in [5, 5.41) is 0. The molecule has 0 bridgehead atoms. The minimum Gasteiger partial charge on any atom is -0.381 e. The molecule has 1 aromatic carbocycles. The summed E-state index contributed by atoms with van der Waals surface area (Å²) in [5.74, 6) is 0.425. The average Bonchev–Trinajstić information content (AvgIpc) is 3.34. The number of hydrogen-bond donors (Lipinski definition) is 1. The Morgan fingerprint density at radius 3 is 2.91 bits per heavy atom. The Balaban J connectivity index is 1.66. The Labute approximate surface area is 135 Å². The van der Waals surface area contributed by atoms with E-state index in [1.807, 2.05) is 18.6 Å². The summed E-state index contributed by atoms with van der Waals surface area (Å²) in [6, 6.07) is 10.4. The number of aromatic nitrogens is 4. The Morgan fingerprint density at radius 1 is 1.26 bits per heavy atom. The molecule has 4 rings (SSSR count). The largest absolute Gasteiger partial charge is 0.381 e.